The van der Waals surface area contributed by atoms with Gasteiger partial charge in [0.1, 0.15) is 23.6 Å². The highest BCUT2D eigenvalue weighted by Gasteiger charge is 2.32. The molecule has 10 nitrogen and oxygen atoms in total. The first kappa shape index (κ1) is 27.7. The number of ether oxygens (including phenoxy) is 1. The largest absolute Gasteiger partial charge is 0.453 e. The lowest BCUT2D eigenvalue weighted by Crippen LogP contribution is -2.34. The van der Waals surface area contributed by atoms with Gasteiger partial charge in [0.2, 0.25) is 0 Å². The van der Waals surface area contributed by atoms with Crippen LogP contribution in [0.1, 0.15) is 30.9 Å². The van der Waals surface area contributed by atoms with Crippen molar-refractivity contribution in [3.63, 3.8) is 0 Å². The van der Waals surface area contributed by atoms with Gasteiger partial charge in [0.05, 0.1) is 22.9 Å². The molecular formula is C24H25ClF2N6O4S. The van der Waals surface area contributed by atoms with Gasteiger partial charge in [0.25, 0.3) is 5.56 Å². The van der Waals surface area contributed by atoms with Crippen molar-refractivity contribution >= 4 is 39.2 Å². The summed E-state index contributed by atoms with van der Waals surface area (Å²) in [7, 11) is -4.17. The van der Waals surface area contributed by atoms with E-state index in [1.54, 1.807) is 16.7 Å². The van der Waals surface area contributed by atoms with Crippen molar-refractivity contribution in [2.75, 3.05) is 30.9 Å². The highest BCUT2D eigenvalue weighted by atomic mass is 35.5. The van der Waals surface area contributed by atoms with Crippen molar-refractivity contribution in [1.29, 1.82) is 5.26 Å². The topological polar surface area (TPSA) is 129 Å². The Labute approximate surface area is 223 Å². The number of aromatic nitrogens is 2. The van der Waals surface area contributed by atoms with Gasteiger partial charge in [-0.1, -0.05) is 0 Å². The van der Waals surface area contributed by atoms with Crippen LogP contribution in [0.5, 0.6) is 11.5 Å². The smallest absolute Gasteiger partial charge is 0.301 e. The van der Waals surface area contributed by atoms with Crippen LogP contribution >= 0.6 is 12.4 Å². The first-order valence-electron chi connectivity index (χ1n) is 11.8. The van der Waals surface area contributed by atoms with E-state index in [2.05, 4.69) is 15.0 Å². The average Bonchev–Trinajstić information content (AvgIpc) is 3.34. The van der Waals surface area contributed by atoms with E-state index >= 15 is 0 Å². The van der Waals surface area contributed by atoms with E-state index in [1.165, 1.54) is 18.5 Å². The van der Waals surface area contributed by atoms with Crippen LogP contribution in [0.2, 0.25) is 0 Å². The zero-order chi connectivity index (χ0) is 26.2. The van der Waals surface area contributed by atoms with E-state index in [9.17, 15) is 27.3 Å². The third-order valence-corrected chi connectivity index (χ3v) is 8.06. The molecular weight excluding hydrogens is 542 g/mol. The monoisotopic (exact) mass is 566 g/mol. The van der Waals surface area contributed by atoms with Crippen LogP contribution in [-0.4, -0.2) is 54.6 Å². The summed E-state index contributed by atoms with van der Waals surface area (Å²) in [6, 6.07) is 8.30. The van der Waals surface area contributed by atoms with E-state index in [0.29, 0.717) is 5.52 Å². The van der Waals surface area contributed by atoms with Crippen LogP contribution < -0.4 is 20.3 Å². The normalized spacial score (nSPS) is 18.6. The van der Waals surface area contributed by atoms with Crippen molar-refractivity contribution in [1.82, 2.24) is 19.2 Å². The summed E-state index contributed by atoms with van der Waals surface area (Å²) >= 11 is 0. The van der Waals surface area contributed by atoms with Gasteiger partial charge >= 0.3 is 10.2 Å². The first-order valence-corrected chi connectivity index (χ1v) is 13.2. The number of nitriles is 1. The zero-order valence-electron chi connectivity index (χ0n) is 20.1. The Morgan fingerprint density at radius 2 is 1.95 bits per heavy atom. The number of halogens is 3. The van der Waals surface area contributed by atoms with Gasteiger partial charge in [-0.15, -0.1) is 12.4 Å². The van der Waals surface area contributed by atoms with Crippen LogP contribution in [0.3, 0.4) is 0 Å². The Balaban J connectivity index is 0.00000336. The Morgan fingerprint density at radius 1 is 1.18 bits per heavy atom. The molecule has 0 bridgehead atoms. The second-order valence-corrected chi connectivity index (χ2v) is 10.7. The van der Waals surface area contributed by atoms with E-state index in [0.717, 1.165) is 42.4 Å². The standard InChI is InChI=1S/C24H24F2N6O4S.ClH/c25-15-7-10-31(13-15)37(34,35)30-22-4-2-20(26)23(19(22)12-27)36-17-1-3-21-18(11-17)24(33)32(14-29-21)16-5-8-28-9-6-16;/h1-4,11,14-16,28,30H,5-10,13H2;1H/t15-;/m1./s1. The minimum absolute atomic E-state index is 0. The molecule has 5 rings (SSSR count). The molecule has 0 saturated carbocycles. The molecule has 3 aromatic rings. The van der Waals surface area contributed by atoms with Gasteiger partial charge < -0.3 is 10.1 Å². The Morgan fingerprint density at radius 3 is 2.63 bits per heavy atom. The number of rotatable bonds is 6. The highest BCUT2D eigenvalue weighted by Crippen LogP contribution is 2.34. The molecule has 2 aliphatic rings. The molecule has 0 unspecified atom stereocenters. The van der Waals surface area contributed by atoms with Crippen molar-refractivity contribution in [2.45, 2.75) is 31.5 Å². The second kappa shape index (κ2) is 11.2. The van der Waals surface area contributed by atoms with Crippen molar-refractivity contribution in [2.24, 2.45) is 0 Å². The number of piperidine rings is 1. The Bertz CT molecular complexity index is 1560. The lowest BCUT2D eigenvalue weighted by molar-refractivity contribution is 0.343. The molecule has 14 heteroatoms. The van der Waals surface area contributed by atoms with Crippen LogP contribution in [0, 0.1) is 17.1 Å². The van der Waals surface area contributed by atoms with E-state index < -0.39 is 33.5 Å². The molecule has 0 spiro atoms. The number of alkyl halides is 1. The molecule has 1 atom stereocenters. The molecule has 0 radical (unpaired) electrons. The van der Waals surface area contributed by atoms with Crippen molar-refractivity contribution in [3.05, 3.63) is 58.4 Å². The number of hydrogen-bond donors (Lipinski definition) is 2. The molecule has 38 heavy (non-hydrogen) atoms. The minimum Gasteiger partial charge on any atom is -0.453 e. The number of benzene rings is 2. The molecule has 1 aromatic heterocycles. The molecule has 2 saturated heterocycles. The zero-order valence-corrected chi connectivity index (χ0v) is 21.7. The van der Waals surface area contributed by atoms with E-state index in [4.69, 9.17) is 4.74 Å². The summed E-state index contributed by atoms with van der Waals surface area (Å²) in [5.41, 5.74) is -0.432. The van der Waals surface area contributed by atoms with Crippen molar-refractivity contribution < 1.29 is 21.9 Å². The third kappa shape index (κ3) is 5.44. The van der Waals surface area contributed by atoms with Gasteiger partial charge in [0.15, 0.2) is 11.6 Å². The first-order chi connectivity index (χ1) is 17.8. The summed E-state index contributed by atoms with van der Waals surface area (Å²) in [6.07, 6.45) is 1.88. The number of anilines is 1. The van der Waals surface area contributed by atoms with E-state index in [1.807, 2.05) is 0 Å². The molecule has 2 aliphatic heterocycles. The third-order valence-electron chi connectivity index (χ3n) is 6.57. The van der Waals surface area contributed by atoms with Crippen LogP contribution in [0.15, 0.2) is 41.5 Å². The van der Waals surface area contributed by atoms with Crippen LogP contribution in [-0.2, 0) is 10.2 Å². The second-order valence-electron chi connectivity index (χ2n) is 8.98. The van der Waals surface area contributed by atoms with Crippen molar-refractivity contribution in [3.8, 4) is 17.6 Å². The molecule has 2 fully saturated rings. The van der Waals surface area contributed by atoms with Gasteiger partial charge in [-0.3, -0.25) is 14.1 Å². The molecule has 2 N–H and O–H groups in total. The fraction of sp³-hybridized carbons (Fsp3) is 0.375. The number of nitrogens with one attached hydrogen (secondary N) is 2. The summed E-state index contributed by atoms with van der Waals surface area (Å²) < 4.78 is 64.1. The Hall–Kier alpha value is -3.31. The Kier molecular flexibility index (Phi) is 8.17. The predicted molar refractivity (Wildman–Crippen MR) is 139 cm³/mol. The van der Waals surface area contributed by atoms with Gasteiger partial charge in [-0.25, -0.2) is 13.8 Å². The lowest BCUT2D eigenvalue weighted by Gasteiger charge is -2.24. The quantitative estimate of drug-likeness (QED) is 0.468. The maximum atomic E-state index is 14.8. The highest BCUT2D eigenvalue weighted by molar-refractivity contribution is 7.90. The van der Waals surface area contributed by atoms with Crippen LogP contribution in [0.25, 0.3) is 10.9 Å². The summed E-state index contributed by atoms with van der Waals surface area (Å²) in [6.45, 7) is 1.27. The fourth-order valence-corrected chi connectivity index (χ4v) is 5.88. The predicted octanol–water partition coefficient (Wildman–Crippen LogP) is 3.25. The van der Waals surface area contributed by atoms with Crippen LogP contribution in [0.4, 0.5) is 14.5 Å². The minimum atomic E-state index is -4.17. The average molecular weight is 567 g/mol. The molecule has 3 heterocycles. The number of nitrogens with zero attached hydrogens (tertiary/aromatic N) is 4. The maximum Gasteiger partial charge on any atom is 0.301 e. The number of fused-ring (bicyclic) bond motifs is 1. The van der Waals surface area contributed by atoms with Gasteiger partial charge in [0, 0.05) is 19.1 Å². The molecule has 0 aliphatic carbocycles. The SMILES string of the molecule is Cl.N#Cc1c(NS(=O)(=O)N2CC[C@@H](F)C2)ccc(F)c1Oc1ccc2ncn(C3CCNCC3)c(=O)c2c1. The summed E-state index contributed by atoms with van der Waals surface area (Å²) in [5, 5.41) is 13.2. The molecule has 202 valence electrons. The summed E-state index contributed by atoms with van der Waals surface area (Å²) in [4.78, 5) is 17.6. The molecule has 0 amide bonds. The van der Waals surface area contributed by atoms with Gasteiger partial charge in [-0.2, -0.15) is 18.0 Å². The molecule has 2 aromatic carbocycles. The lowest BCUT2D eigenvalue weighted by atomic mass is 10.1. The van der Waals surface area contributed by atoms with Gasteiger partial charge in [-0.05, 0) is 62.7 Å². The summed E-state index contributed by atoms with van der Waals surface area (Å²) in [5.74, 6) is -1.33. The number of hydrogen-bond acceptors (Lipinski definition) is 7. The maximum absolute atomic E-state index is 14.8. The fourth-order valence-electron chi connectivity index (χ4n) is 4.60. The van der Waals surface area contributed by atoms with E-state index in [-0.39, 0.29) is 60.3 Å².